The second-order valence-corrected chi connectivity index (χ2v) is 8.68. The smallest absolute Gasteiger partial charge is 0.269 e. The van der Waals surface area contributed by atoms with E-state index in [9.17, 15) is 9.59 Å². The number of nitrogens with zero attached hydrogens (tertiary/aromatic N) is 5. The molecule has 0 unspecified atom stereocenters. The van der Waals surface area contributed by atoms with E-state index >= 15 is 4.39 Å². The van der Waals surface area contributed by atoms with Gasteiger partial charge in [-0.05, 0) is 37.1 Å². The molecule has 1 saturated heterocycles. The van der Waals surface area contributed by atoms with Gasteiger partial charge in [0.15, 0.2) is 5.65 Å². The van der Waals surface area contributed by atoms with Crippen LogP contribution in [0.2, 0.25) is 0 Å². The van der Waals surface area contributed by atoms with Crippen molar-refractivity contribution in [2.24, 2.45) is 0 Å². The lowest BCUT2D eigenvalue weighted by molar-refractivity contribution is -0.127. The highest BCUT2D eigenvalue weighted by Gasteiger charge is 2.27. The molecule has 5 rings (SSSR count). The maximum Gasteiger partial charge on any atom is 0.269 e. The van der Waals surface area contributed by atoms with Crippen LogP contribution in [0.4, 0.5) is 15.9 Å². The fourth-order valence-electron chi connectivity index (χ4n) is 4.43. The number of aromatic nitrogens is 5. The topological polar surface area (TPSA) is 138 Å². The first-order chi connectivity index (χ1) is 18.5. The van der Waals surface area contributed by atoms with E-state index < -0.39 is 5.82 Å². The van der Waals surface area contributed by atoms with Gasteiger partial charge in [-0.2, -0.15) is 5.10 Å². The van der Waals surface area contributed by atoms with E-state index in [0.717, 1.165) is 18.5 Å². The number of H-pyrrole nitrogens is 1. The van der Waals surface area contributed by atoms with E-state index in [1.165, 1.54) is 37.8 Å². The Morgan fingerprint density at radius 3 is 2.68 bits per heavy atom. The van der Waals surface area contributed by atoms with Crippen molar-refractivity contribution < 1.29 is 18.7 Å². The van der Waals surface area contributed by atoms with Gasteiger partial charge >= 0.3 is 0 Å². The average molecular weight is 517 g/mol. The molecule has 0 saturated carbocycles. The molecule has 3 aromatic heterocycles. The van der Waals surface area contributed by atoms with Gasteiger partial charge in [0.05, 0.1) is 16.8 Å². The quantitative estimate of drug-likeness (QED) is 0.316. The molecule has 38 heavy (non-hydrogen) atoms. The van der Waals surface area contributed by atoms with E-state index in [0.29, 0.717) is 35.7 Å². The minimum atomic E-state index is -0.559. The van der Waals surface area contributed by atoms with Crippen molar-refractivity contribution in [1.82, 2.24) is 35.4 Å². The van der Waals surface area contributed by atoms with Gasteiger partial charge in [0, 0.05) is 44.4 Å². The third-order valence-electron chi connectivity index (χ3n) is 6.37. The highest BCUT2D eigenvalue weighted by molar-refractivity contribution is 5.92. The van der Waals surface area contributed by atoms with Gasteiger partial charge in [0.1, 0.15) is 35.2 Å². The van der Waals surface area contributed by atoms with E-state index in [2.05, 4.69) is 42.4 Å². The number of pyridine rings is 1. The van der Waals surface area contributed by atoms with Crippen LogP contribution in [0.3, 0.4) is 0 Å². The Morgan fingerprint density at radius 1 is 1.16 bits per heavy atom. The molecule has 0 spiro atoms. The van der Waals surface area contributed by atoms with Crippen molar-refractivity contribution in [2.45, 2.75) is 18.8 Å². The minimum Gasteiger partial charge on any atom is -0.457 e. The molecule has 1 fully saturated rings. The zero-order chi connectivity index (χ0) is 26.6. The zero-order valence-electron chi connectivity index (χ0n) is 20.6. The van der Waals surface area contributed by atoms with Crippen LogP contribution in [0.5, 0.6) is 11.5 Å². The number of amides is 2. The van der Waals surface area contributed by atoms with Crippen molar-refractivity contribution in [3.05, 3.63) is 72.7 Å². The first-order valence-electron chi connectivity index (χ1n) is 12.0. The number of anilines is 2. The molecular formula is C26H25FN8O3. The SMILES string of the molecule is C=CC(=O)N1CCC(c2n[nH]c3ncnc(Nc4ccc(Oc5ccnc(C(=O)NC)c5)cc4F)c23)CC1. The number of carbonyl (C=O) groups excluding carboxylic acids is 2. The number of rotatable bonds is 7. The molecule has 12 heteroatoms. The summed E-state index contributed by atoms with van der Waals surface area (Å²) in [5, 5.41) is 13.7. The van der Waals surface area contributed by atoms with Gasteiger partial charge in [-0.3, -0.25) is 19.7 Å². The molecule has 0 bridgehead atoms. The minimum absolute atomic E-state index is 0.0836. The van der Waals surface area contributed by atoms with Gasteiger partial charge in [-0.1, -0.05) is 6.58 Å². The van der Waals surface area contributed by atoms with Gasteiger partial charge in [0.25, 0.3) is 5.91 Å². The number of ether oxygens (including phenoxy) is 1. The third-order valence-corrected chi connectivity index (χ3v) is 6.37. The summed E-state index contributed by atoms with van der Waals surface area (Å²) in [6, 6.07) is 7.43. The lowest BCUT2D eigenvalue weighted by Gasteiger charge is -2.30. The number of aromatic amines is 1. The zero-order valence-corrected chi connectivity index (χ0v) is 20.6. The molecule has 4 heterocycles. The van der Waals surface area contributed by atoms with Gasteiger partial charge < -0.3 is 20.3 Å². The van der Waals surface area contributed by atoms with Crippen molar-refractivity contribution >= 4 is 34.4 Å². The number of hydrogen-bond acceptors (Lipinski definition) is 8. The first kappa shape index (κ1) is 24.8. The number of halogens is 1. The summed E-state index contributed by atoms with van der Waals surface area (Å²) in [6.07, 6.45) is 5.59. The number of likely N-dealkylation sites (tertiary alicyclic amines) is 1. The van der Waals surface area contributed by atoms with Crippen LogP contribution in [0.25, 0.3) is 11.0 Å². The molecule has 0 radical (unpaired) electrons. The molecule has 194 valence electrons. The summed E-state index contributed by atoms with van der Waals surface area (Å²) in [7, 11) is 1.51. The first-order valence-corrected chi connectivity index (χ1v) is 12.0. The Morgan fingerprint density at radius 2 is 1.95 bits per heavy atom. The Hall–Kier alpha value is -4.87. The second kappa shape index (κ2) is 10.6. The number of nitrogens with one attached hydrogen (secondary N) is 3. The number of carbonyl (C=O) groups is 2. The molecular weight excluding hydrogens is 491 g/mol. The number of piperidine rings is 1. The molecule has 1 aromatic carbocycles. The van der Waals surface area contributed by atoms with E-state index in [4.69, 9.17) is 4.74 Å². The Labute approximate surface area is 217 Å². The largest absolute Gasteiger partial charge is 0.457 e. The summed E-state index contributed by atoms with van der Waals surface area (Å²) >= 11 is 0. The van der Waals surface area contributed by atoms with Crippen LogP contribution < -0.4 is 15.4 Å². The maximum absolute atomic E-state index is 15.1. The molecule has 1 aliphatic heterocycles. The van der Waals surface area contributed by atoms with Gasteiger partial charge in [-0.25, -0.2) is 14.4 Å². The average Bonchev–Trinajstić information content (AvgIpc) is 3.39. The van der Waals surface area contributed by atoms with Crippen LogP contribution >= 0.6 is 0 Å². The molecule has 1 aliphatic rings. The van der Waals surface area contributed by atoms with Crippen molar-refractivity contribution in [2.75, 3.05) is 25.5 Å². The summed E-state index contributed by atoms with van der Waals surface area (Å²) in [5.74, 6) is 0.104. The lowest BCUT2D eigenvalue weighted by atomic mass is 9.92. The van der Waals surface area contributed by atoms with Crippen LogP contribution in [0.1, 0.15) is 34.9 Å². The fraction of sp³-hybridized carbons (Fsp3) is 0.231. The molecule has 2 amide bonds. The molecule has 3 N–H and O–H groups in total. The maximum atomic E-state index is 15.1. The molecule has 11 nitrogen and oxygen atoms in total. The van der Waals surface area contributed by atoms with Crippen molar-refractivity contribution in [3.8, 4) is 11.5 Å². The molecule has 0 atom stereocenters. The third kappa shape index (κ3) is 5.01. The standard InChI is InChI=1S/C26H25FN8O3/c1-3-21(36)35-10-7-15(8-11-35)23-22-24(30-14-31-25(22)34-33-23)32-19-5-4-16(12-18(19)27)38-17-6-9-29-20(13-17)26(37)28-2/h3-6,9,12-15H,1,7-8,10-11H2,2H3,(H,28,37)(H2,30,31,32,33,34). The summed E-state index contributed by atoms with van der Waals surface area (Å²) in [5.41, 5.74) is 1.69. The monoisotopic (exact) mass is 516 g/mol. The van der Waals surface area contributed by atoms with Crippen molar-refractivity contribution in [3.63, 3.8) is 0 Å². The van der Waals surface area contributed by atoms with Gasteiger partial charge in [0.2, 0.25) is 5.91 Å². The van der Waals surface area contributed by atoms with Crippen LogP contribution in [-0.2, 0) is 4.79 Å². The summed E-state index contributed by atoms with van der Waals surface area (Å²) in [4.78, 5) is 38.1. The fourth-order valence-corrected chi connectivity index (χ4v) is 4.43. The Kier molecular flexibility index (Phi) is 6.94. The highest BCUT2D eigenvalue weighted by atomic mass is 19.1. The lowest BCUT2D eigenvalue weighted by Crippen LogP contribution is -2.36. The van der Waals surface area contributed by atoms with Crippen LogP contribution in [-0.4, -0.2) is 62.0 Å². The summed E-state index contributed by atoms with van der Waals surface area (Å²) in [6.45, 7) is 4.75. The second-order valence-electron chi connectivity index (χ2n) is 8.68. The van der Waals surface area contributed by atoms with E-state index in [1.54, 1.807) is 23.1 Å². The summed E-state index contributed by atoms with van der Waals surface area (Å²) < 4.78 is 20.8. The van der Waals surface area contributed by atoms with Crippen LogP contribution in [0.15, 0.2) is 55.5 Å². The number of benzene rings is 1. The predicted molar refractivity (Wildman–Crippen MR) is 138 cm³/mol. The number of fused-ring (bicyclic) bond motifs is 1. The molecule has 4 aromatic rings. The number of hydrogen-bond donors (Lipinski definition) is 3. The van der Waals surface area contributed by atoms with E-state index in [-0.39, 0.29) is 34.9 Å². The Bertz CT molecular complexity index is 1510. The van der Waals surface area contributed by atoms with E-state index in [1.807, 2.05) is 0 Å². The van der Waals surface area contributed by atoms with Gasteiger partial charge in [-0.15, -0.1) is 0 Å². The Balaban J connectivity index is 1.35. The molecule has 0 aliphatic carbocycles. The predicted octanol–water partition coefficient (Wildman–Crippen LogP) is 3.67. The highest BCUT2D eigenvalue weighted by Crippen LogP contribution is 2.35. The van der Waals surface area contributed by atoms with Crippen LogP contribution in [0, 0.1) is 5.82 Å². The normalized spacial score (nSPS) is 13.8. The van der Waals surface area contributed by atoms with Crippen molar-refractivity contribution in [1.29, 1.82) is 0 Å².